The SMILES string of the molecule is CN1CCN(Nc2ncc3cc(-c4ccc(OCCC#N)cc4)ccc3n2)CC1. The van der Waals surface area contributed by atoms with Crippen molar-refractivity contribution in [2.45, 2.75) is 6.42 Å². The van der Waals surface area contributed by atoms with E-state index in [-0.39, 0.29) is 0 Å². The molecule has 1 aliphatic rings. The number of benzene rings is 2. The van der Waals surface area contributed by atoms with Crippen LogP contribution in [0.4, 0.5) is 5.95 Å². The van der Waals surface area contributed by atoms with Crippen molar-refractivity contribution in [3.63, 3.8) is 0 Å². The summed E-state index contributed by atoms with van der Waals surface area (Å²) in [7, 11) is 2.14. The highest BCUT2D eigenvalue weighted by atomic mass is 16.5. The quantitative estimate of drug-likeness (QED) is 0.650. The minimum atomic E-state index is 0.387. The molecule has 0 atom stereocenters. The maximum absolute atomic E-state index is 8.58. The number of fused-ring (bicyclic) bond motifs is 1. The zero-order chi connectivity index (χ0) is 20.1. The molecule has 0 saturated carbocycles. The fourth-order valence-corrected chi connectivity index (χ4v) is 3.28. The Labute approximate surface area is 170 Å². The second kappa shape index (κ2) is 8.86. The molecule has 0 amide bonds. The first-order valence-electron chi connectivity index (χ1n) is 9.78. The van der Waals surface area contributed by atoms with Gasteiger partial charge in [0.1, 0.15) is 12.4 Å². The van der Waals surface area contributed by atoms with Gasteiger partial charge in [0.15, 0.2) is 0 Å². The van der Waals surface area contributed by atoms with Crippen LogP contribution in [0.2, 0.25) is 0 Å². The lowest BCUT2D eigenvalue weighted by Crippen LogP contribution is -2.47. The van der Waals surface area contributed by atoms with Gasteiger partial charge in [0.2, 0.25) is 5.95 Å². The third kappa shape index (κ3) is 4.80. The number of hydrazine groups is 1. The standard InChI is InChI=1S/C22H24N6O/c1-27-10-12-28(13-11-27)26-22-24-16-19-15-18(5-8-21(19)25-22)17-3-6-20(7-4-17)29-14-2-9-23/h3-8,15-16H,2,10-14H2,1H3,(H,24,25,26). The van der Waals surface area contributed by atoms with Crippen molar-refractivity contribution in [2.24, 2.45) is 0 Å². The molecule has 2 aromatic carbocycles. The van der Waals surface area contributed by atoms with Crippen LogP contribution in [0.25, 0.3) is 22.0 Å². The molecule has 0 aliphatic carbocycles. The average molecular weight is 388 g/mol. The van der Waals surface area contributed by atoms with Crippen molar-refractivity contribution in [1.82, 2.24) is 19.9 Å². The molecule has 1 aromatic heterocycles. The van der Waals surface area contributed by atoms with Crippen LogP contribution >= 0.6 is 0 Å². The molecule has 148 valence electrons. The monoisotopic (exact) mass is 388 g/mol. The van der Waals surface area contributed by atoms with Crippen molar-refractivity contribution in [1.29, 1.82) is 5.26 Å². The van der Waals surface area contributed by atoms with Crippen LogP contribution in [0, 0.1) is 11.3 Å². The van der Waals surface area contributed by atoms with Crippen LogP contribution in [0.3, 0.4) is 0 Å². The lowest BCUT2D eigenvalue weighted by atomic mass is 10.0. The molecule has 7 nitrogen and oxygen atoms in total. The molecule has 0 radical (unpaired) electrons. The number of piperazine rings is 1. The first-order valence-corrected chi connectivity index (χ1v) is 9.78. The Bertz CT molecular complexity index is 1010. The number of nitrogens with zero attached hydrogens (tertiary/aromatic N) is 5. The second-order valence-corrected chi connectivity index (χ2v) is 7.15. The maximum atomic E-state index is 8.58. The molecule has 1 fully saturated rings. The van der Waals surface area contributed by atoms with Crippen LogP contribution in [-0.2, 0) is 0 Å². The number of nitrogens with one attached hydrogen (secondary N) is 1. The summed E-state index contributed by atoms with van der Waals surface area (Å²) in [5.41, 5.74) is 6.43. The van der Waals surface area contributed by atoms with E-state index in [2.05, 4.69) is 50.6 Å². The Balaban J connectivity index is 1.46. The van der Waals surface area contributed by atoms with Crippen LogP contribution in [-0.4, -0.2) is 59.7 Å². The Morgan fingerprint density at radius 3 is 2.59 bits per heavy atom. The summed E-state index contributed by atoms with van der Waals surface area (Å²) >= 11 is 0. The zero-order valence-corrected chi connectivity index (χ0v) is 16.5. The molecule has 0 unspecified atom stereocenters. The van der Waals surface area contributed by atoms with Crippen LogP contribution < -0.4 is 10.2 Å². The molecule has 3 aromatic rings. The summed E-state index contributed by atoms with van der Waals surface area (Å²) in [5.74, 6) is 1.40. The van der Waals surface area contributed by atoms with Gasteiger partial charge in [0, 0.05) is 37.8 Å². The van der Waals surface area contributed by atoms with Gasteiger partial charge in [-0.05, 0) is 42.4 Å². The summed E-state index contributed by atoms with van der Waals surface area (Å²) in [5, 5.41) is 11.7. The number of hydrogen-bond acceptors (Lipinski definition) is 7. The molecule has 4 rings (SSSR count). The molecule has 29 heavy (non-hydrogen) atoms. The van der Waals surface area contributed by atoms with Crippen LogP contribution in [0.1, 0.15) is 6.42 Å². The smallest absolute Gasteiger partial charge is 0.238 e. The molecule has 1 aliphatic heterocycles. The highest BCUT2D eigenvalue weighted by Gasteiger charge is 2.14. The van der Waals surface area contributed by atoms with E-state index in [1.165, 1.54) is 0 Å². The van der Waals surface area contributed by atoms with E-state index in [1.54, 1.807) is 0 Å². The Morgan fingerprint density at radius 2 is 1.83 bits per heavy atom. The third-order valence-electron chi connectivity index (χ3n) is 5.01. The van der Waals surface area contributed by atoms with Crippen LogP contribution in [0.5, 0.6) is 5.75 Å². The minimum absolute atomic E-state index is 0.387. The topological polar surface area (TPSA) is 77.3 Å². The number of ether oxygens (including phenoxy) is 1. The van der Waals surface area contributed by atoms with Crippen molar-refractivity contribution in [3.05, 3.63) is 48.7 Å². The molecule has 0 spiro atoms. The van der Waals surface area contributed by atoms with Crippen molar-refractivity contribution in [2.75, 3.05) is 45.3 Å². The predicted molar refractivity (Wildman–Crippen MR) is 113 cm³/mol. The van der Waals surface area contributed by atoms with Gasteiger partial charge < -0.3 is 9.64 Å². The number of hydrogen-bond donors (Lipinski definition) is 1. The third-order valence-corrected chi connectivity index (χ3v) is 5.01. The van der Waals surface area contributed by atoms with Crippen LogP contribution in [0.15, 0.2) is 48.7 Å². The van der Waals surface area contributed by atoms with E-state index in [0.717, 1.165) is 54.0 Å². The Morgan fingerprint density at radius 1 is 1.07 bits per heavy atom. The lowest BCUT2D eigenvalue weighted by Gasteiger charge is -2.32. The maximum Gasteiger partial charge on any atom is 0.238 e. The molecular weight excluding hydrogens is 364 g/mol. The fraction of sp³-hybridized carbons (Fsp3) is 0.318. The number of nitriles is 1. The lowest BCUT2D eigenvalue weighted by molar-refractivity contribution is 0.178. The predicted octanol–water partition coefficient (Wildman–Crippen LogP) is 3.16. The van der Waals surface area contributed by atoms with E-state index in [4.69, 9.17) is 10.00 Å². The van der Waals surface area contributed by atoms with Gasteiger partial charge in [-0.2, -0.15) is 5.26 Å². The minimum Gasteiger partial charge on any atom is -0.493 e. The number of rotatable bonds is 6. The van der Waals surface area contributed by atoms with Gasteiger partial charge in [-0.25, -0.2) is 15.0 Å². The van der Waals surface area contributed by atoms with Gasteiger partial charge in [-0.15, -0.1) is 0 Å². The van der Waals surface area contributed by atoms with Gasteiger partial charge in [-0.1, -0.05) is 18.2 Å². The molecular formula is C22H24N6O. The summed E-state index contributed by atoms with van der Waals surface area (Å²) in [4.78, 5) is 11.5. The van der Waals surface area contributed by atoms with E-state index in [0.29, 0.717) is 19.0 Å². The highest BCUT2D eigenvalue weighted by molar-refractivity contribution is 5.84. The summed E-state index contributed by atoms with van der Waals surface area (Å²) in [6, 6.07) is 16.2. The summed E-state index contributed by atoms with van der Waals surface area (Å²) in [6.45, 7) is 4.38. The highest BCUT2D eigenvalue weighted by Crippen LogP contribution is 2.26. The molecule has 1 saturated heterocycles. The largest absolute Gasteiger partial charge is 0.493 e. The van der Waals surface area contributed by atoms with Gasteiger partial charge in [0.05, 0.1) is 18.0 Å². The van der Waals surface area contributed by atoms with E-state index in [9.17, 15) is 0 Å². The molecule has 2 heterocycles. The number of anilines is 1. The van der Waals surface area contributed by atoms with E-state index < -0.39 is 0 Å². The Hall–Kier alpha value is -3.21. The van der Waals surface area contributed by atoms with Crippen molar-refractivity contribution >= 4 is 16.9 Å². The second-order valence-electron chi connectivity index (χ2n) is 7.15. The number of likely N-dealkylation sites (N-methyl/N-ethyl adjacent to an activating group) is 1. The molecule has 0 bridgehead atoms. The van der Waals surface area contributed by atoms with Gasteiger partial charge in [-0.3, -0.25) is 5.43 Å². The summed E-state index contributed by atoms with van der Waals surface area (Å²) < 4.78 is 5.53. The normalized spacial score (nSPS) is 15.2. The van der Waals surface area contributed by atoms with Crippen molar-refractivity contribution < 1.29 is 4.74 Å². The first kappa shape index (κ1) is 19.1. The molecule has 7 heteroatoms. The van der Waals surface area contributed by atoms with E-state index in [1.807, 2.05) is 36.5 Å². The zero-order valence-electron chi connectivity index (χ0n) is 16.5. The molecule has 1 N–H and O–H groups in total. The van der Waals surface area contributed by atoms with Gasteiger partial charge in [0.25, 0.3) is 0 Å². The Kier molecular flexibility index (Phi) is 5.84. The van der Waals surface area contributed by atoms with E-state index >= 15 is 0 Å². The number of aromatic nitrogens is 2. The summed E-state index contributed by atoms with van der Waals surface area (Å²) in [6.07, 6.45) is 2.25. The fourth-order valence-electron chi connectivity index (χ4n) is 3.28. The van der Waals surface area contributed by atoms with Gasteiger partial charge >= 0.3 is 0 Å². The van der Waals surface area contributed by atoms with Crippen molar-refractivity contribution in [3.8, 4) is 22.9 Å². The average Bonchev–Trinajstić information content (AvgIpc) is 2.76. The first-order chi connectivity index (χ1) is 14.2.